The molecule has 1 aromatic heterocycles. The summed E-state index contributed by atoms with van der Waals surface area (Å²) in [4.78, 5) is 2.90. The molecule has 0 aliphatic rings. The Labute approximate surface area is 108 Å². The first-order valence-corrected chi connectivity index (χ1v) is 5.05. The molecule has 0 radical (unpaired) electrons. The maximum Gasteiger partial charge on any atom is 0.573 e. The summed E-state index contributed by atoms with van der Waals surface area (Å²) in [5.74, 6) is -0.230. The highest BCUT2D eigenvalue weighted by Gasteiger charge is 2.31. The van der Waals surface area contributed by atoms with Crippen LogP contribution in [0.2, 0.25) is 0 Å². The minimum atomic E-state index is -4.67. The Morgan fingerprint density at radius 1 is 1.28 bits per heavy atom. The molecule has 0 aliphatic heterocycles. The minimum Gasteiger partial charge on any atom is -0.406 e. The normalized spacial score (nSPS) is 11.3. The fraction of sp³-hybridized carbons (Fsp3) is 0.273. The van der Waals surface area contributed by atoms with Crippen molar-refractivity contribution in [2.45, 2.75) is 12.8 Å². The average molecular weight is 281 g/mol. The summed E-state index contributed by atoms with van der Waals surface area (Å²) in [6.07, 6.45) is -2.24. The highest BCUT2D eigenvalue weighted by Crippen LogP contribution is 2.27. The summed E-state index contributed by atoms with van der Waals surface area (Å²) >= 11 is 0. The van der Waals surface area contributed by atoms with Crippen molar-refractivity contribution < 1.29 is 17.9 Å². The van der Waals surface area contributed by atoms with Gasteiger partial charge in [-0.3, -0.25) is 0 Å². The minimum absolute atomic E-state index is 0. The predicted octanol–water partition coefficient (Wildman–Crippen LogP) is 2.99. The van der Waals surface area contributed by atoms with Gasteiger partial charge in [0.1, 0.15) is 5.75 Å². The molecule has 3 N–H and O–H groups in total. The van der Waals surface area contributed by atoms with E-state index in [-0.39, 0.29) is 18.2 Å². The molecule has 2 aromatic rings. The molecule has 0 amide bonds. The zero-order valence-electron chi connectivity index (χ0n) is 9.25. The number of halogens is 4. The molecule has 7 heteroatoms. The second-order valence-corrected chi connectivity index (χ2v) is 3.61. The second-order valence-electron chi connectivity index (χ2n) is 3.61. The number of rotatable bonds is 3. The Morgan fingerprint density at radius 3 is 2.61 bits per heavy atom. The van der Waals surface area contributed by atoms with Gasteiger partial charge < -0.3 is 15.5 Å². The standard InChI is InChI=1S/C11H11F3N2O.ClH/c12-11(13,14)17-8-1-2-9-7(3-4-15)6-16-10(9)5-8;/h1-2,5-6,16H,3-4,15H2;1H. The van der Waals surface area contributed by atoms with E-state index in [0.29, 0.717) is 18.5 Å². The van der Waals surface area contributed by atoms with Crippen LogP contribution in [-0.2, 0) is 6.42 Å². The number of aromatic amines is 1. The van der Waals surface area contributed by atoms with Gasteiger partial charge in [0.2, 0.25) is 0 Å². The number of ether oxygens (including phenoxy) is 1. The van der Waals surface area contributed by atoms with Crippen molar-refractivity contribution in [2.24, 2.45) is 5.73 Å². The topological polar surface area (TPSA) is 51.0 Å². The van der Waals surface area contributed by atoms with Crippen LogP contribution in [0.25, 0.3) is 10.9 Å². The molecule has 0 saturated heterocycles. The van der Waals surface area contributed by atoms with E-state index in [9.17, 15) is 13.2 Å². The average Bonchev–Trinajstić information content (AvgIpc) is 2.59. The van der Waals surface area contributed by atoms with Crippen LogP contribution < -0.4 is 10.5 Å². The Morgan fingerprint density at radius 2 is 2.00 bits per heavy atom. The van der Waals surface area contributed by atoms with Crippen LogP contribution >= 0.6 is 12.4 Å². The van der Waals surface area contributed by atoms with Crippen LogP contribution in [0.1, 0.15) is 5.56 Å². The highest BCUT2D eigenvalue weighted by molar-refractivity contribution is 5.85. The SMILES string of the molecule is Cl.NCCc1c[nH]c2cc(OC(F)(F)F)ccc12. The molecule has 1 aromatic carbocycles. The Balaban J connectivity index is 0.00000162. The van der Waals surface area contributed by atoms with Crippen molar-refractivity contribution in [2.75, 3.05) is 6.54 Å². The molecular weight excluding hydrogens is 269 g/mol. The quantitative estimate of drug-likeness (QED) is 0.908. The molecule has 0 unspecified atom stereocenters. The van der Waals surface area contributed by atoms with Crippen LogP contribution in [0.4, 0.5) is 13.2 Å². The third-order valence-corrected chi connectivity index (χ3v) is 2.39. The summed E-state index contributed by atoms with van der Waals surface area (Å²) in [7, 11) is 0. The number of nitrogens with two attached hydrogens (primary N) is 1. The molecule has 0 bridgehead atoms. The van der Waals surface area contributed by atoms with Gasteiger partial charge in [-0.25, -0.2) is 0 Å². The van der Waals surface area contributed by atoms with E-state index in [1.54, 1.807) is 12.3 Å². The first-order valence-electron chi connectivity index (χ1n) is 5.05. The van der Waals surface area contributed by atoms with Crippen molar-refractivity contribution in [1.29, 1.82) is 0 Å². The molecule has 0 atom stereocenters. The number of alkyl halides is 3. The van der Waals surface area contributed by atoms with Gasteiger partial charge in [-0.1, -0.05) is 0 Å². The molecule has 3 nitrogen and oxygen atoms in total. The third kappa shape index (κ3) is 3.30. The predicted molar refractivity (Wildman–Crippen MR) is 65.0 cm³/mol. The number of nitrogens with one attached hydrogen (secondary N) is 1. The van der Waals surface area contributed by atoms with Crippen LogP contribution in [0.5, 0.6) is 5.75 Å². The van der Waals surface area contributed by atoms with Crippen molar-refractivity contribution in [1.82, 2.24) is 4.98 Å². The number of H-pyrrole nitrogens is 1. The van der Waals surface area contributed by atoms with E-state index in [2.05, 4.69) is 9.72 Å². The monoisotopic (exact) mass is 280 g/mol. The molecule has 0 fully saturated rings. The van der Waals surface area contributed by atoms with E-state index >= 15 is 0 Å². The molecule has 100 valence electrons. The smallest absolute Gasteiger partial charge is 0.406 e. The number of hydrogen-bond acceptors (Lipinski definition) is 2. The van der Waals surface area contributed by atoms with Crippen molar-refractivity contribution in [3.8, 4) is 5.75 Å². The molecule has 0 aliphatic carbocycles. The Bertz CT molecular complexity index is 524. The lowest BCUT2D eigenvalue weighted by molar-refractivity contribution is -0.274. The van der Waals surface area contributed by atoms with Gasteiger partial charge in [0, 0.05) is 23.2 Å². The van der Waals surface area contributed by atoms with E-state index in [4.69, 9.17) is 5.73 Å². The van der Waals surface area contributed by atoms with Gasteiger partial charge in [-0.2, -0.15) is 0 Å². The lowest BCUT2D eigenvalue weighted by atomic mass is 10.1. The Kier molecular flexibility index (Phi) is 4.48. The lowest BCUT2D eigenvalue weighted by Crippen LogP contribution is -2.16. The summed E-state index contributed by atoms with van der Waals surface area (Å²) in [6, 6.07) is 4.21. The van der Waals surface area contributed by atoms with Crippen molar-refractivity contribution >= 4 is 23.3 Å². The first kappa shape index (κ1) is 14.7. The van der Waals surface area contributed by atoms with Gasteiger partial charge >= 0.3 is 6.36 Å². The second kappa shape index (κ2) is 5.49. The summed E-state index contributed by atoms with van der Waals surface area (Å²) in [6.45, 7) is 0.494. The summed E-state index contributed by atoms with van der Waals surface area (Å²) in [5, 5.41) is 0.866. The molecule has 1 heterocycles. The zero-order chi connectivity index (χ0) is 12.5. The largest absolute Gasteiger partial charge is 0.573 e. The van der Waals surface area contributed by atoms with Crippen LogP contribution in [0.3, 0.4) is 0 Å². The number of hydrogen-bond donors (Lipinski definition) is 2. The molecule has 0 spiro atoms. The zero-order valence-corrected chi connectivity index (χ0v) is 10.1. The number of aromatic nitrogens is 1. The van der Waals surface area contributed by atoms with Gasteiger partial charge in [0.15, 0.2) is 0 Å². The molecule has 18 heavy (non-hydrogen) atoms. The van der Waals surface area contributed by atoms with E-state index in [1.165, 1.54) is 12.1 Å². The number of benzene rings is 1. The molecule has 0 saturated carbocycles. The van der Waals surface area contributed by atoms with Crippen LogP contribution in [0, 0.1) is 0 Å². The lowest BCUT2D eigenvalue weighted by Gasteiger charge is -2.08. The summed E-state index contributed by atoms with van der Waals surface area (Å²) in [5.41, 5.74) is 7.03. The number of fused-ring (bicyclic) bond motifs is 1. The third-order valence-electron chi connectivity index (χ3n) is 2.39. The fourth-order valence-corrected chi connectivity index (χ4v) is 1.72. The molecule has 2 rings (SSSR count). The fourth-order valence-electron chi connectivity index (χ4n) is 1.72. The van der Waals surface area contributed by atoms with E-state index < -0.39 is 6.36 Å². The Hall–Kier alpha value is -1.40. The van der Waals surface area contributed by atoms with Gasteiger partial charge in [0.25, 0.3) is 0 Å². The maximum atomic E-state index is 12.0. The maximum absolute atomic E-state index is 12.0. The van der Waals surface area contributed by atoms with Gasteiger partial charge in [-0.15, -0.1) is 25.6 Å². The van der Waals surface area contributed by atoms with Crippen LogP contribution in [0.15, 0.2) is 24.4 Å². The van der Waals surface area contributed by atoms with E-state index in [0.717, 1.165) is 10.9 Å². The van der Waals surface area contributed by atoms with Gasteiger partial charge in [0.05, 0.1) is 0 Å². The highest BCUT2D eigenvalue weighted by atomic mass is 35.5. The summed E-state index contributed by atoms with van der Waals surface area (Å²) < 4.78 is 39.9. The van der Waals surface area contributed by atoms with Gasteiger partial charge in [-0.05, 0) is 30.7 Å². The van der Waals surface area contributed by atoms with Crippen LogP contribution in [-0.4, -0.2) is 17.9 Å². The molecular formula is C11H12ClF3N2O. The van der Waals surface area contributed by atoms with E-state index in [1.807, 2.05) is 0 Å². The first-order chi connectivity index (χ1) is 7.99. The van der Waals surface area contributed by atoms with Crippen molar-refractivity contribution in [3.63, 3.8) is 0 Å². The van der Waals surface area contributed by atoms with Crippen molar-refractivity contribution in [3.05, 3.63) is 30.0 Å².